The van der Waals surface area contributed by atoms with E-state index in [-0.39, 0.29) is 0 Å². The van der Waals surface area contributed by atoms with Crippen molar-refractivity contribution < 1.29 is 9.84 Å². The molecule has 0 amide bonds. The molecule has 20 heavy (non-hydrogen) atoms. The first-order valence-electron chi connectivity index (χ1n) is 7.18. The van der Waals surface area contributed by atoms with Gasteiger partial charge in [0.05, 0.1) is 6.61 Å². The molecule has 0 saturated carbocycles. The van der Waals surface area contributed by atoms with E-state index in [1.807, 2.05) is 24.3 Å². The van der Waals surface area contributed by atoms with Crippen molar-refractivity contribution in [2.75, 3.05) is 6.61 Å². The Morgan fingerprint density at radius 3 is 2.30 bits per heavy atom. The van der Waals surface area contributed by atoms with Crippen molar-refractivity contribution in [3.8, 4) is 5.75 Å². The number of hydrogen-bond donors (Lipinski definition) is 1. The summed E-state index contributed by atoms with van der Waals surface area (Å²) >= 11 is 0. The van der Waals surface area contributed by atoms with E-state index in [0.29, 0.717) is 5.92 Å². The molecule has 1 N–H and O–H groups in total. The summed E-state index contributed by atoms with van der Waals surface area (Å²) in [5.74, 6) is 1.47. The van der Waals surface area contributed by atoms with Crippen LogP contribution in [0.1, 0.15) is 48.1 Å². The number of aliphatic hydroxyl groups is 1. The second-order valence-electron chi connectivity index (χ2n) is 5.69. The van der Waals surface area contributed by atoms with E-state index in [9.17, 15) is 5.11 Å². The average molecular weight is 268 g/mol. The zero-order chi connectivity index (χ0) is 14.1. The highest BCUT2D eigenvalue weighted by molar-refractivity contribution is 5.42. The lowest BCUT2D eigenvalue weighted by atomic mass is 9.96. The lowest BCUT2D eigenvalue weighted by Crippen LogP contribution is -2.00. The average Bonchev–Trinajstić information content (AvgIpc) is 2.94. The third kappa shape index (κ3) is 2.44. The molecule has 1 heterocycles. The van der Waals surface area contributed by atoms with Gasteiger partial charge < -0.3 is 9.84 Å². The van der Waals surface area contributed by atoms with E-state index < -0.39 is 6.10 Å². The van der Waals surface area contributed by atoms with E-state index >= 15 is 0 Å². The molecule has 1 atom stereocenters. The zero-order valence-electron chi connectivity index (χ0n) is 12.0. The lowest BCUT2D eigenvalue weighted by Gasteiger charge is -2.14. The van der Waals surface area contributed by atoms with Crippen molar-refractivity contribution >= 4 is 0 Å². The minimum atomic E-state index is -0.567. The van der Waals surface area contributed by atoms with Gasteiger partial charge >= 0.3 is 0 Å². The largest absolute Gasteiger partial charge is 0.493 e. The Kier molecular flexibility index (Phi) is 3.49. The van der Waals surface area contributed by atoms with Gasteiger partial charge in [-0.05, 0) is 40.3 Å². The Bertz CT molecular complexity index is 599. The van der Waals surface area contributed by atoms with Gasteiger partial charge in [0.2, 0.25) is 0 Å². The molecule has 0 aromatic heterocycles. The van der Waals surface area contributed by atoms with Crippen molar-refractivity contribution in [2.45, 2.75) is 32.3 Å². The maximum atomic E-state index is 10.5. The Morgan fingerprint density at radius 2 is 1.60 bits per heavy atom. The number of benzene rings is 2. The summed E-state index contributed by atoms with van der Waals surface area (Å²) in [5, 5.41) is 10.5. The topological polar surface area (TPSA) is 29.5 Å². The van der Waals surface area contributed by atoms with Crippen LogP contribution in [0.4, 0.5) is 0 Å². The third-order valence-electron chi connectivity index (χ3n) is 3.95. The predicted octanol–water partition coefficient (Wildman–Crippen LogP) is 3.83. The molecular formula is C18H20O2. The molecule has 0 fully saturated rings. The fourth-order valence-corrected chi connectivity index (χ4v) is 2.63. The van der Waals surface area contributed by atoms with Crippen LogP contribution in [0.15, 0.2) is 42.5 Å². The molecule has 104 valence electrons. The van der Waals surface area contributed by atoms with E-state index in [1.54, 1.807) is 0 Å². The molecule has 0 aliphatic carbocycles. The van der Waals surface area contributed by atoms with Crippen molar-refractivity contribution in [3.05, 3.63) is 64.7 Å². The van der Waals surface area contributed by atoms with Gasteiger partial charge in [0.1, 0.15) is 11.9 Å². The molecule has 2 heteroatoms. The molecule has 0 radical (unpaired) electrons. The van der Waals surface area contributed by atoms with Gasteiger partial charge in [0.15, 0.2) is 0 Å². The molecule has 2 aromatic rings. The normalized spacial score (nSPS) is 15.0. The molecule has 1 aliphatic heterocycles. The molecule has 1 unspecified atom stereocenters. The molecule has 0 spiro atoms. The van der Waals surface area contributed by atoms with Gasteiger partial charge in [-0.15, -0.1) is 0 Å². The van der Waals surface area contributed by atoms with Crippen LogP contribution in [0, 0.1) is 0 Å². The van der Waals surface area contributed by atoms with E-state index in [4.69, 9.17) is 4.74 Å². The third-order valence-corrected chi connectivity index (χ3v) is 3.95. The Labute approximate surface area is 120 Å². The zero-order valence-corrected chi connectivity index (χ0v) is 12.0. The van der Waals surface area contributed by atoms with E-state index in [0.717, 1.165) is 29.9 Å². The smallest absolute Gasteiger partial charge is 0.122 e. The molecule has 0 saturated heterocycles. The Morgan fingerprint density at radius 1 is 0.950 bits per heavy atom. The second kappa shape index (κ2) is 5.29. The van der Waals surface area contributed by atoms with Crippen LogP contribution in [0.5, 0.6) is 5.75 Å². The molecular weight excluding hydrogens is 248 g/mol. The highest BCUT2D eigenvalue weighted by atomic mass is 16.5. The Balaban J connectivity index is 1.86. The van der Waals surface area contributed by atoms with Crippen molar-refractivity contribution in [3.63, 3.8) is 0 Å². The van der Waals surface area contributed by atoms with Gasteiger partial charge in [0, 0.05) is 6.42 Å². The molecule has 2 nitrogen and oxygen atoms in total. The number of aliphatic hydroxyl groups excluding tert-OH is 1. The standard InChI is InChI=1S/C18H20O2/c1-12(2)13-3-5-14(6-4-13)18(19)16-7-8-17-15(11-16)9-10-20-17/h3-8,11-12,18-19H,9-10H2,1-2H3. The summed E-state index contributed by atoms with van der Waals surface area (Å²) in [6.45, 7) is 5.09. The summed E-state index contributed by atoms with van der Waals surface area (Å²) in [6.07, 6.45) is 0.365. The van der Waals surface area contributed by atoms with Gasteiger partial charge in [-0.3, -0.25) is 0 Å². The van der Waals surface area contributed by atoms with Gasteiger partial charge in [-0.1, -0.05) is 44.2 Å². The molecule has 0 bridgehead atoms. The van der Waals surface area contributed by atoms with Gasteiger partial charge in [-0.25, -0.2) is 0 Å². The fraction of sp³-hybridized carbons (Fsp3) is 0.333. The molecule has 3 rings (SSSR count). The monoisotopic (exact) mass is 268 g/mol. The van der Waals surface area contributed by atoms with Crippen LogP contribution < -0.4 is 4.74 Å². The van der Waals surface area contributed by atoms with Crippen LogP contribution in [0.25, 0.3) is 0 Å². The fourth-order valence-electron chi connectivity index (χ4n) is 2.63. The summed E-state index contributed by atoms with van der Waals surface area (Å²) in [7, 11) is 0. The molecule has 2 aromatic carbocycles. The number of fused-ring (bicyclic) bond motifs is 1. The number of hydrogen-bond acceptors (Lipinski definition) is 2. The predicted molar refractivity (Wildman–Crippen MR) is 80.2 cm³/mol. The lowest BCUT2D eigenvalue weighted by molar-refractivity contribution is 0.220. The first-order chi connectivity index (χ1) is 9.65. The Hall–Kier alpha value is -1.80. The van der Waals surface area contributed by atoms with E-state index in [2.05, 4.69) is 32.0 Å². The number of rotatable bonds is 3. The quantitative estimate of drug-likeness (QED) is 0.916. The maximum absolute atomic E-state index is 10.5. The van der Waals surface area contributed by atoms with Crippen LogP contribution in [-0.2, 0) is 6.42 Å². The van der Waals surface area contributed by atoms with E-state index in [1.165, 1.54) is 11.1 Å². The minimum absolute atomic E-state index is 0.512. The van der Waals surface area contributed by atoms with Crippen LogP contribution in [-0.4, -0.2) is 11.7 Å². The van der Waals surface area contributed by atoms with Crippen LogP contribution in [0.2, 0.25) is 0 Å². The first-order valence-corrected chi connectivity index (χ1v) is 7.18. The first kappa shape index (κ1) is 13.2. The van der Waals surface area contributed by atoms with Gasteiger partial charge in [-0.2, -0.15) is 0 Å². The van der Waals surface area contributed by atoms with Crippen LogP contribution in [0.3, 0.4) is 0 Å². The highest BCUT2D eigenvalue weighted by Crippen LogP contribution is 2.30. The minimum Gasteiger partial charge on any atom is -0.493 e. The number of ether oxygens (including phenoxy) is 1. The van der Waals surface area contributed by atoms with Gasteiger partial charge in [0.25, 0.3) is 0 Å². The summed E-state index contributed by atoms with van der Waals surface area (Å²) < 4.78 is 5.50. The van der Waals surface area contributed by atoms with Crippen LogP contribution >= 0.6 is 0 Å². The SMILES string of the molecule is CC(C)c1ccc(C(O)c2ccc3c(c2)CCO3)cc1. The van der Waals surface area contributed by atoms with Crippen molar-refractivity contribution in [1.82, 2.24) is 0 Å². The summed E-state index contributed by atoms with van der Waals surface area (Å²) in [6, 6.07) is 14.2. The second-order valence-corrected chi connectivity index (χ2v) is 5.69. The van der Waals surface area contributed by atoms with Crippen molar-refractivity contribution in [2.24, 2.45) is 0 Å². The highest BCUT2D eigenvalue weighted by Gasteiger charge is 2.16. The maximum Gasteiger partial charge on any atom is 0.122 e. The van der Waals surface area contributed by atoms with Crippen molar-refractivity contribution in [1.29, 1.82) is 0 Å². The summed E-state index contributed by atoms with van der Waals surface area (Å²) in [4.78, 5) is 0. The molecule has 1 aliphatic rings. The summed E-state index contributed by atoms with van der Waals surface area (Å²) in [5.41, 5.74) is 4.36.